The van der Waals surface area contributed by atoms with Gasteiger partial charge < -0.3 is 0 Å². The van der Waals surface area contributed by atoms with Crippen molar-refractivity contribution in [3.63, 3.8) is 0 Å². The molecule has 0 saturated carbocycles. The van der Waals surface area contributed by atoms with Gasteiger partial charge >= 0.3 is 0 Å². The molecule has 1 unspecified atom stereocenters. The van der Waals surface area contributed by atoms with E-state index in [4.69, 9.17) is 11.6 Å². The Balaban J connectivity index is 3.49. The predicted octanol–water partition coefficient (Wildman–Crippen LogP) is 3.22. The lowest BCUT2D eigenvalue weighted by atomic mass is 10.1. The van der Waals surface area contributed by atoms with E-state index >= 15 is 0 Å². The van der Waals surface area contributed by atoms with Crippen molar-refractivity contribution in [1.29, 1.82) is 0 Å². The van der Waals surface area contributed by atoms with Gasteiger partial charge in [0, 0.05) is 5.88 Å². The molecule has 1 atom stereocenters. The van der Waals surface area contributed by atoms with Crippen molar-refractivity contribution in [2.24, 2.45) is 5.92 Å². The third kappa shape index (κ3) is 5.91. The first-order valence-corrected chi connectivity index (χ1v) is 3.91. The third-order valence-corrected chi connectivity index (χ3v) is 1.40. The van der Waals surface area contributed by atoms with Crippen molar-refractivity contribution in [3.05, 3.63) is 11.6 Å². The van der Waals surface area contributed by atoms with E-state index in [1.54, 1.807) is 0 Å². The zero-order valence-corrected chi connectivity index (χ0v) is 7.20. The normalized spacial score (nSPS) is 12.9. The van der Waals surface area contributed by atoms with E-state index in [-0.39, 0.29) is 0 Å². The van der Waals surface area contributed by atoms with Gasteiger partial charge in [-0.2, -0.15) is 0 Å². The van der Waals surface area contributed by atoms with Crippen LogP contribution in [0.2, 0.25) is 0 Å². The average molecular weight is 147 g/mol. The molecule has 0 heterocycles. The molecular formula is C8H15Cl. The molecule has 54 valence electrons. The van der Waals surface area contributed by atoms with Gasteiger partial charge in [0.15, 0.2) is 0 Å². The summed E-state index contributed by atoms with van der Waals surface area (Å²) in [6.45, 7) is 6.42. The van der Waals surface area contributed by atoms with Crippen molar-refractivity contribution < 1.29 is 0 Å². The third-order valence-electron chi connectivity index (χ3n) is 1.18. The first-order chi connectivity index (χ1) is 4.16. The Morgan fingerprint density at radius 2 is 2.11 bits per heavy atom. The molecule has 9 heavy (non-hydrogen) atoms. The Bertz CT molecular complexity index is 90.7. The molecule has 0 N–H and O–H groups in total. The number of allylic oxidation sites excluding steroid dienone is 2. The lowest BCUT2D eigenvalue weighted by Gasteiger charge is -2.01. The van der Waals surface area contributed by atoms with Crippen LogP contribution in [0.3, 0.4) is 0 Å². The molecule has 0 fully saturated rings. The maximum atomic E-state index is 5.55. The monoisotopic (exact) mass is 146 g/mol. The molecule has 0 saturated heterocycles. The highest BCUT2D eigenvalue weighted by Gasteiger charge is 1.94. The number of hydrogen-bond donors (Lipinski definition) is 0. The highest BCUT2D eigenvalue weighted by molar-refractivity contribution is 6.17. The maximum absolute atomic E-state index is 5.55. The van der Waals surface area contributed by atoms with Gasteiger partial charge in [-0.1, -0.05) is 18.6 Å². The van der Waals surface area contributed by atoms with E-state index in [1.165, 1.54) is 5.57 Å². The molecule has 0 nitrogen and oxygen atoms in total. The van der Waals surface area contributed by atoms with Crippen LogP contribution in [0.5, 0.6) is 0 Å². The Hall–Kier alpha value is 0.0300. The minimum absolute atomic E-state index is 0.646. The highest BCUT2D eigenvalue weighted by atomic mass is 35.5. The zero-order chi connectivity index (χ0) is 7.28. The van der Waals surface area contributed by atoms with Crippen LogP contribution in [-0.4, -0.2) is 5.88 Å². The second kappa shape index (κ2) is 4.87. The van der Waals surface area contributed by atoms with Crippen molar-refractivity contribution in [1.82, 2.24) is 0 Å². The van der Waals surface area contributed by atoms with Crippen molar-refractivity contribution >= 4 is 11.6 Å². The fourth-order valence-electron chi connectivity index (χ4n) is 0.824. The second-order valence-corrected chi connectivity index (χ2v) is 3.08. The topological polar surface area (TPSA) is 0 Å². The van der Waals surface area contributed by atoms with E-state index in [1.807, 2.05) is 0 Å². The zero-order valence-electron chi connectivity index (χ0n) is 6.45. The Kier molecular flexibility index (Phi) is 4.88. The van der Waals surface area contributed by atoms with Crippen LogP contribution in [0.4, 0.5) is 0 Å². The van der Waals surface area contributed by atoms with Crippen LogP contribution in [0.1, 0.15) is 27.2 Å². The summed E-state index contributed by atoms with van der Waals surface area (Å²) < 4.78 is 0. The second-order valence-electron chi connectivity index (χ2n) is 2.70. The van der Waals surface area contributed by atoms with Crippen LogP contribution in [0, 0.1) is 5.92 Å². The van der Waals surface area contributed by atoms with Crippen LogP contribution in [-0.2, 0) is 0 Å². The van der Waals surface area contributed by atoms with E-state index in [9.17, 15) is 0 Å². The molecule has 0 aliphatic heterocycles. The summed E-state index contributed by atoms with van der Waals surface area (Å²) in [6.07, 6.45) is 3.34. The molecule has 0 bridgehead atoms. The summed E-state index contributed by atoms with van der Waals surface area (Å²) in [5.41, 5.74) is 1.38. The van der Waals surface area contributed by atoms with Gasteiger partial charge in [-0.25, -0.2) is 0 Å². The Morgan fingerprint density at radius 1 is 1.56 bits per heavy atom. The van der Waals surface area contributed by atoms with E-state index in [0.717, 1.165) is 12.3 Å². The molecule has 0 amide bonds. The predicted molar refractivity (Wildman–Crippen MR) is 43.9 cm³/mol. The fourth-order valence-corrected chi connectivity index (χ4v) is 1.17. The summed E-state index contributed by atoms with van der Waals surface area (Å²) >= 11 is 5.55. The van der Waals surface area contributed by atoms with Crippen LogP contribution in [0.25, 0.3) is 0 Å². The van der Waals surface area contributed by atoms with Crippen molar-refractivity contribution in [3.8, 4) is 0 Å². The maximum Gasteiger partial charge on any atom is 0.0228 e. The number of alkyl halides is 1. The minimum Gasteiger partial charge on any atom is -0.127 e. The van der Waals surface area contributed by atoms with E-state index < -0.39 is 0 Å². The smallest absolute Gasteiger partial charge is 0.0228 e. The molecule has 0 aromatic rings. The molecule has 0 aromatic carbocycles. The van der Waals surface area contributed by atoms with E-state index in [2.05, 4.69) is 26.8 Å². The lowest BCUT2D eigenvalue weighted by Crippen LogP contribution is -1.90. The average Bonchev–Trinajstić information content (AvgIpc) is 1.63. The molecule has 0 radical (unpaired) electrons. The highest BCUT2D eigenvalue weighted by Crippen LogP contribution is 2.07. The molecule has 0 aromatic heterocycles. The summed E-state index contributed by atoms with van der Waals surface area (Å²) in [5, 5.41) is 0. The quantitative estimate of drug-likeness (QED) is 0.424. The summed E-state index contributed by atoms with van der Waals surface area (Å²) in [4.78, 5) is 0. The minimum atomic E-state index is 0.646. The lowest BCUT2D eigenvalue weighted by molar-refractivity contribution is 0.697. The first-order valence-electron chi connectivity index (χ1n) is 3.37. The van der Waals surface area contributed by atoms with Gasteiger partial charge in [0.05, 0.1) is 0 Å². The van der Waals surface area contributed by atoms with E-state index in [0.29, 0.717) is 5.92 Å². The van der Waals surface area contributed by atoms with Gasteiger partial charge in [-0.15, -0.1) is 11.6 Å². The number of hydrogen-bond acceptors (Lipinski definition) is 0. The Morgan fingerprint density at radius 3 is 2.44 bits per heavy atom. The van der Waals surface area contributed by atoms with Crippen LogP contribution < -0.4 is 0 Å². The number of rotatable bonds is 3. The Labute approximate surface area is 62.9 Å². The summed E-state index contributed by atoms with van der Waals surface area (Å²) in [6, 6.07) is 0. The summed E-state index contributed by atoms with van der Waals surface area (Å²) in [7, 11) is 0. The van der Waals surface area contributed by atoms with Gasteiger partial charge in [0.25, 0.3) is 0 Å². The molecular weight excluding hydrogens is 132 g/mol. The fraction of sp³-hybridized carbons (Fsp3) is 0.750. The largest absolute Gasteiger partial charge is 0.127 e. The van der Waals surface area contributed by atoms with Gasteiger partial charge in [-0.3, -0.25) is 0 Å². The molecule has 0 aliphatic rings. The molecule has 1 heteroatoms. The van der Waals surface area contributed by atoms with Crippen LogP contribution in [0.15, 0.2) is 11.6 Å². The van der Waals surface area contributed by atoms with Gasteiger partial charge in [-0.05, 0) is 26.2 Å². The first kappa shape index (κ1) is 9.03. The van der Waals surface area contributed by atoms with Crippen molar-refractivity contribution in [2.45, 2.75) is 27.2 Å². The van der Waals surface area contributed by atoms with Gasteiger partial charge in [0.1, 0.15) is 0 Å². The number of halogens is 1. The van der Waals surface area contributed by atoms with Gasteiger partial charge in [0.2, 0.25) is 0 Å². The van der Waals surface area contributed by atoms with Crippen molar-refractivity contribution in [2.75, 3.05) is 5.88 Å². The molecule has 0 rings (SSSR count). The molecule has 0 spiro atoms. The summed E-state index contributed by atoms with van der Waals surface area (Å²) in [5.74, 6) is 1.41. The van der Waals surface area contributed by atoms with Crippen LogP contribution >= 0.6 is 11.6 Å². The standard InChI is InChI=1S/C8H15Cl/c1-7(2)6-8(3)4-5-9/h6,8H,4-5H2,1-3H3. The molecule has 0 aliphatic carbocycles. The SMILES string of the molecule is CC(C)=CC(C)CCCl.